The Hall–Kier alpha value is -4.60. The molecular formula is C38H40F2N6O4. The second-order valence-corrected chi connectivity index (χ2v) is 14.1. The van der Waals surface area contributed by atoms with Gasteiger partial charge in [0.15, 0.2) is 5.82 Å². The molecule has 2 aromatic carbocycles. The Balaban J connectivity index is 1.19. The third-order valence-electron chi connectivity index (χ3n) is 11.1. The summed E-state index contributed by atoms with van der Waals surface area (Å²) in [6.07, 6.45) is 14.6. The minimum absolute atomic E-state index is 0.0121. The lowest BCUT2D eigenvalue weighted by atomic mass is 9.75. The lowest BCUT2D eigenvalue weighted by molar-refractivity contribution is -0.119. The Bertz CT molecular complexity index is 2010. The van der Waals surface area contributed by atoms with Crippen LogP contribution in [0.3, 0.4) is 0 Å². The van der Waals surface area contributed by atoms with Crippen LogP contribution in [0.25, 0.3) is 32.9 Å². The van der Waals surface area contributed by atoms with Crippen LogP contribution in [0, 0.1) is 29.4 Å². The number of likely N-dealkylation sites (tertiary alicyclic amines) is 1. The second-order valence-electron chi connectivity index (χ2n) is 14.1. The van der Waals surface area contributed by atoms with E-state index in [2.05, 4.69) is 31.0 Å². The van der Waals surface area contributed by atoms with Gasteiger partial charge >= 0.3 is 6.01 Å². The number of hydrogen-bond acceptors (Lipinski definition) is 9. The molecule has 0 bridgehead atoms. The lowest BCUT2D eigenvalue weighted by Crippen LogP contribution is -2.54. The van der Waals surface area contributed by atoms with E-state index in [1.807, 2.05) is 0 Å². The van der Waals surface area contributed by atoms with Gasteiger partial charge in [-0.25, -0.2) is 8.78 Å². The molecule has 1 aliphatic carbocycles. The summed E-state index contributed by atoms with van der Waals surface area (Å²) in [6, 6.07) is 6.08. The Morgan fingerprint density at radius 1 is 1.10 bits per heavy atom. The minimum Gasteiger partial charge on any atom is -0.508 e. The van der Waals surface area contributed by atoms with Crippen LogP contribution < -0.4 is 15.0 Å². The Morgan fingerprint density at radius 2 is 1.98 bits per heavy atom. The number of phenolic OH excluding ortho intramolecular Hbond substituents is 1. The predicted molar refractivity (Wildman–Crippen MR) is 185 cm³/mol. The first-order valence-corrected chi connectivity index (χ1v) is 17.6. The number of carbonyl (C=O) groups excluding carboxylic acids is 1. The van der Waals surface area contributed by atoms with Crippen molar-refractivity contribution < 1.29 is 28.2 Å². The van der Waals surface area contributed by atoms with Gasteiger partial charge in [-0.05, 0) is 68.7 Å². The molecule has 0 unspecified atom stereocenters. The third kappa shape index (κ3) is 5.86. The number of ether oxygens (including phenoxy) is 2. The molecule has 1 saturated carbocycles. The standard InChI is InChI=1S/C38H40F2N6O4/c1-2-26-29(39)9-7-23-18-25(47)19-27(32(23)26)34-33(40)35-28(20-41-34)36(45-14-5-16-49-17-15-45)44-37(43-35)50-22-38-11-3-6-30(38)46(13-4-12-38)21-24-8-10-31(48)42-24/h1,7,9,18-20,24,30,47H,3-6,8,10-17,21-22H2,(H,42,48)/t24-,30-,38-/m1/s1. The van der Waals surface area contributed by atoms with Gasteiger partial charge in [-0.3, -0.25) is 14.7 Å². The van der Waals surface area contributed by atoms with E-state index in [0.717, 1.165) is 58.0 Å². The molecule has 4 aliphatic rings. The monoisotopic (exact) mass is 682 g/mol. The molecule has 260 valence electrons. The van der Waals surface area contributed by atoms with Gasteiger partial charge in [0, 0.05) is 67.3 Å². The molecule has 3 atom stereocenters. The van der Waals surface area contributed by atoms with Gasteiger partial charge in [0.05, 0.1) is 24.2 Å². The summed E-state index contributed by atoms with van der Waals surface area (Å²) in [6.45, 7) is 4.52. The number of nitrogens with zero attached hydrogens (tertiary/aromatic N) is 5. The van der Waals surface area contributed by atoms with Crippen molar-refractivity contribution in [1.29, 1.82) is 0 Å². The maximum Gasteiger partial charge on any atom is 0.319 e. The quantitative estimate of drug-likeness (QED) is 0.250. The molecule has 10 nitrogen and oxygen atoms in total. The van der Waals surface area contributed by atoms with Crippen LogP contribution in [0.5, 0.6) is 11.8 Å². The van der Waals surface area contributed by atoms with E-state index < -0.39 is 11.6 Å². The predicted octanol–water partition coefficient (Wildman–Crippen LogP) is 5.33. The second kappa shape index (κ2) is 13.3. The maximum absolute atomic E-state index is 16.9. The number of carbonyl (C=O) groups is 1. The Kier molecular flexibility index (Phi) is 8.65. The number of aromatic nitrogens is 3. The highest BCUT2D eigenvalue weighted by atomic mass is 19.1. The number of nitrogens with one attached hydrogen (secondary N) is 1. The van der Waals surface area contributed by atoms with Crippen molar-refractivity contribution in [3.8, 4) is 35.4 Å². The number of aromatic hydroxyl groups is 1. The number of rotatable bonds is 7. The first-order valence-electron chi connectivity index (χ1n) is 17.6. The van der Waals surface area contributed by atoms with Crippen molar-refractivity contribution >= 4 is 33.4 Å². The molecule has 12 heteroatoms. The van der Waals surface area contributed by atoms with Crippen LogP contribution >= 0.6 is 0 Å². The summed E-state index contributed by atoms with van der Waals surface area (Å²) in [7, 11) is 0. The fourth-order valence-corrected chi connectivity index (χ4v) is 8.76. The van der Waals surface area contributed by atoms with Crippen LogP contribution in [-0.4, -0.2) is 88.9 Å². The molecule has 2 aromatic heterocycles. The first-order chi connectivity index (χ1) is 24.3. The number of piperidine rings is 1. The van der Waals surface area contributed by atoms with Crippen molar-refractivity contribution in [2.24, 2.45) is 5.41 Å². The van der Waals surface area contributed by atoms with Crippen LogP contribution in [0.2, 0.25) is 0 Å². The number of anilines is 1. The molecule has 0 radical (unpaired) electrons. The summed E-state index contributed by atoms with van der Waals surface area (Å²) in [5.74, 6) is 1.51. The van der Waals surface area contributed by atoms with Crippen molar-refractivity contribution in [2.75, 3.05) is 50.9 Å². The van der Waals surface area contributed by atoms with E-state index in [1.54, 1.807) is 0 Å². The fraction of sp³-hybridized carbons (Fsp3) is 0.474. The number of amides is 1. The number of pyridine rings is 1. The van der Waals surface area contributed by atoms with Crippen LogP contribution in [0.4, 0.5) is 14.6 Å². The zero-order chi connectivity index (χ0) is 34.4. The van der Waals surface area contributed by atoms with Gasteiger partial charge in [0.2, 0.25) is 5.91 Å². The normalized spacial score (nSPS) is 24.3. The highest BCUT2D eigenvalue weighted by Crippen LogP contribution is 2.48. The molecule has 50 heavy (non-hydrogen) atoms. The molecule has 8 rings (SSSR count). The lowest BCUT2D eigenvalue weighted by Gasteiger charge is -2.46. The highest BCUT2D eigenvalue weighted by molar-refractivity contribution is 6.03. The molecule has 3 saturated heterocycles. The molecule has 3 aliphatic heterocycles. The number of fused-ring (bicyclic) bond motifs is 3. The summed E-state index contributed by atoms with van der Waals surface area (Å²) in [5.41, 5.74) is -0.0951. The van der Waals surface area contributed by atoms with Crippen molar-refractivity contribution in [3.05, 3.63) is 47.7 Å². The smallest absolute Gasteiger partial charge is 0.319 e. The van der Waals surface area contributed by atoms with Gasteiger partial charge in [-0.1, -0.05) is 18.4 Å². The molecule has 1 amide bonds. The SMILES string of the molecule is C#Cc1c(F)ccc2cc(O)cc(-c3ncc4c(N5CCCOCC5)nc(OC[C@]56CCC[C@H]5N(C[C@H]5CCC(=O)N5)CCC6)nc4c3F)c12. The summed E-state index contributed by atoms with van der Waals surface area (Å²) >= 11 is 0. The summed E-state index contributed by atoms with van der Waals surface area (Å²) in [5, 5.41) is 14.9. The first kappa shape index (κ1) is 32.6. The molecule has 0 spiro atoms. The zero-order valence-corrected chi connectivity index (χ0v) is 27.9. The van der Waals surface area contributed by atoms with Crippen molar-refractivity contribution in [1.82, 2.24) is 25.2 Å². The summed E-state index contributed by atoms with van der Waals surface area (Å²) in [4.78, 5) is 30.5. The zero-order valence-electron chi connectivity index (χ0n) is 27.9. The minimum atomic E-state index is -0.749. The fourth-order valence-electron chi connectivity index (χ4n) is 8.76. The average Bonchev–Trinajstić information content (AvgIpc) is 3.64. The van der Waals surface area contributed by atoms with E-state index in [-0.39, 0.29) is 56.8 Å². The van der Waals surface area contributed by atoms with E-state index in [1.165, 1.54) is 30.5 Å². The molecule has 2 N–H and O–H groups in total. The van der Waals surface area contributed by atoms with Gasteiger partial charge < -0.3 is 24.8 Å². The van der Waals surface area contributed by atoms with Gasteiger partial charge in [-0.15, -0.1) is 6.42 Å². The van der Waals surface area contributed by atoms with Crippen LogP contribution in [-0.2, 0) is 9.53 Å². The van der Waals surface area contributed by atoms with Gasteiger partial charge in [-0.2, -0.15) is 9.97 Å². The van der Waals surface area contributed by atoms with E-state index in [4.69, 9.17) is 20.9 Å². The van der Waals surface area contributed by atoms with E-state index in [0.29, 0.717) is 62.0 Å². The number of phenols is 1. The van der Waals surface area contributed by atoms with Gasteiger partial charge in [0.1, 0.15) is 28.6 Å². The molecule has 4 fully saturated rings. The van der Waals surface area contributed by atoms with Crippen LogP contribution in [0.1, 0.15) is 56.9 Å². The largest absolute Gasteiger partial charge is 0.508 e. The van der Waals surface area contributed by atoms with Gasteiger partial charge in [0.25, 0.3) is 0 Å². The van der Waals surface area contributed by atoms with Crippen LogP contribution in [0.15, 0.2) is 30.5 Å². The number of benzene rings is 2. The molecule has 4 aromatic rings. The summed E-state index contributed by atoms with van der Waals surface area (Å²) < 4.78 is 44.0. The number of hydrogen-bond donors (Lipinski definition) is 2. The maximum atomic E-state index is 16.9. The van der Waals surface area contributed by atoms with Crippen molar-refractivity contribution in [3.63, 3.8) is 0 Å². The topological polar surface area (TPSA) is 113 Å². The molecule has 5 heterocycles. The molecular weight excluding hydrogens is 642 g/mol. The third-order valence-corrected chi connectivity index (χ3v) is 11.1. The number of halogens is 2. The Labute approximate surface area is 289 Å². The van der Waals surface area contributed by atoms with E-state index >= 15 is 4.39 Å². The Morgan fingerprint density at radius 3 is 2.82 bits per heavy atom. The van der Waals surface area contributed by atoms with E-state index in [9.17, 15) is 14.3 Å². The highest BCUT2D eigenvalue weighted by Gasteiger charge is 2.49. The van der Waals surface area contributed by atoms with Crippen molar-refractivity contribution in [2.45, 2.75) is 63.5 Å². The number of terminal acetylenes is 1. The average molecular weight is 683 g/mol.